The summed E-state index contributed by atoms with van der Waals surface area (Å²) < 4.78 is 5.27. The van der Waals surface area contributed by atoms with E-state index in [1.807, 2.05) is 12.1 Å². The molecule has 3 N–H and O–H groups in total. The predicted molar refractivity (Wildman–Crippen MR) is 72.7 cm³/mol. The summed E-state index contributed by atoms with van der Waals surface area (Å²) >= 11 is 6.15. The van der Waals surface area contributed by atoms with Crippen LogP contribution in [-0.4, -0.2) is 36.8 Å². The third-order valence-corrected chi connectivity index (χ3v) is 3.71. The van der Waals surface area contributed by atoms with Crippen LogP contribution in [0.5, 0.6) is 5.75 Å². The van der Waals surface area contributed by atoms with Crippen molar-refractivity contribution >= 4 is 17.6 Å². The van der Waals surface area contributed by atoms with E-state index >= 15 is 0 Å². The number of halogens is 1. The van der Waals surface area contributed by atoms with Gasteiger partial charge in [-0.2, -0.15) is 0 Å². The van der Waals surface area contributed by atoms with Gasteiger partial charge in [0.25, 0.3) is 0 Å². The van der Waals surface area contributed by atoms with Crippen LogP contribution in [0, 0.1) is 0 Å². The Balaban J connectivity index is 2.07. The normalized spacial score (nSPS) is 16.7. The van der Waals surface area contributed by atoms with Crippen molar-refractivity contribution in [1.29, 1.82) is 0 Å². The molecule has 1 aliphatic rings. The molecule has 5 nitrogen and oxygen atoms in total. The first-order chi connectivity index (χ1) is 9.06. The van der Waals surface area contributed by atoms with Gasteiger partial charge in [0.1, 0.15) is 5.75 Å². The molecule has 1 aromatic carbocycles. The highest BCUT2D eigenvalue weighted by atomic mass is 35.5. The van der Waals surface area contributed by atoms with Crippen molar-refractivity contribution in [1.82, 2.24) is 10.6 Å². The fourth-order valence-corrected chi connectivity index (χ4v) is 2.44. The number of methoxy groups -OCH3 is 1. The van der Waals surface area contributed by atoms with Crippen LogP contribution in [-0.2, 0) is 11.3 Å². The summed E-state index contributed by atoms with van der Waals surface area (Å²) in [6.45, 7) is 1.77. The van der Waals surface area contributed by atoms with Gasteiger partial charge in [-0.1, -0.05) is 17.7 Å². The molecular formula is C13H17ClN2O3. The molecule has 0 unspecified atom stereocenters. The molecule has 0 amide bonds. The van der Waals surface area contributed by atoms with Crippen molar-refractivity contribution in [2.24, 2.45) is 0 Å². The molecule has 1 aliphatic heterocycles. The quantitative estimate of drug-likeness (QED) is 0.733. The lowest BCUT2D eigenvalue weighted by atomic mass is 9.88. The van der Waals surface area contributed by atoms with E-state index in [-0.39, 0.29) is 6.42 Å². The number of ether oxygens (including phenoxy) is 1. The van der Waals surface area contributed by atoms with E-state index in [9.17, 15) is 4.79 Å². The monoisotopic (exact) mass is 284 g/mol. The molecular weight excluding hydrogens is 268 g/mol. The first kappa shape index (κ1) is 14.1. The zero-order valence-corrected chi connectivity index (χ0v) is 11.5. The predicted octanol–water partition coefficient (Wildman–Crippen LogP) is 1.25. The summed E-state index contributed by atoms with van der Waals surface area (Å²) in [5, 5.41) is 15.9. The van der Waals surface area contributed by atoms with Gasteiger partial charge in [0, 0.05) is 30.2 Å². The Hall–Kier alpha value is -1.30. The molecule has 0 atom stereocenters. The molecule has 1 fully saturated rings. The van der Waals surface area contributed by atoms with Crippen molar-refractivity contribution in [3.05, 3.63) is 28.8 Å². The second-order valence-electron chi connectivity index (χ2n) is 4.73. The number of nitrogens with one attached hydrogen (secondary N) is 2. The number of benzene rings is 1. The highest BCUT2D eigenvalue weighted by Crippen LogP contribution is 2.27. The van der Waals surface area contributed by atoms with Gasteiger partial charge in [0.2, 0.25) is 0 Å². The molecule has 1 saturated heterocycles. The van der Waals surface area contributed by atoms with Crippen molar-refractivity contribution in [2.75, 3.05) is 20.2 Å². The fraction of sp³-hybridized carbons (Fsp3) is 0.462. The van der Waals surface area contributed by atoms with Gasteiger partial charge in [-0.05, 0) is 12.1 Å². The maximum Gasteiger partial charge on any atom is 0.305 e. The van der Waals surface area contributed by atoms with Crippen molar-refractivity contribution in [3.63, 3.8) is 0 Å². The molecule has 0 bridgehead atoms. The first-order valence-electron chi connectivity index (χ1n) is 6.05. The summed E-state index contributed by atoms with van der Waals surface area (Å²) in [4.78, 5) is 10.9. The van der Waals surface area contributed by atoms with E-state index in [4.69, 9.17) is 21.4 Å². The molecule has 2 rings (SSSR count). The van der Waals surface area contributed by atoms with Crippen LogP contribution in [0.25, 0.3) is 0 Å². The Morgan fingerprint density at radius 1 is 1.58 bits per heavy atom. The maximum atomic E-state index is 10.9. The summed E-state index contributed by atoms with van der Waals surface area (Å²) in [6, 6.07) is 5.46. The minimum atomic E-state index is -0.805. The van der Waals surface area contributed by atoms with Gasteiger partial charge in [0.05, 0.1) is 19.1 Å². The number of rotatable bonds is 6. The smallest absolute Gasteiger partial charge is 0.305 e. The van der Waals surface area contributed by atoms with Crippen LogP contribution in [0.15, 0.2) is 18.2 Å². The zero-order chi connectivity index (χ0) is 13.9. The van der Waals surface area contributed by atoms with E-state index in [1.54, 1.807) is 13.2 Å². The van der Waals surface area contributed by atoms with Gasteiger partial charge >= 0.3 is 5.97 Å². The molecule has 1 heterocycles. The number of carboxylic acids is 1. The van der Waals surface area contributed by atoms with Crippen LogP contribution in [0.2, 0.25) is 5.02 Å². The Morgan fingerprint density at radius 3 is 2.84 bits per heavy atom. The summed E-state index contributed by atoms with van der Waals surface area (Å²) in [5.41, 5.74) is 0.457. The Bertz CT molecular complexity index is 475. The third kappa shape index (κ3) is 3.18. The van der Waals surface area contributed by atoms with E-state index in [1.165, 1.54) is 0 Å². The zero-order valence-electron chi connectivity index (χ0n) is 10.7. The van der Waals surface area contributed by atoms with Crippen LogP contribution < -0.4 is 15.4 Å². The first-order valence-corrected chi connectivity index (χ1v) is 6.43. The molecule has 1 aromatic rings. The van der Waals surface area contributed by atoms with Crippen LogP contribution in [0.3, 0.4) is 0 Å². The third-order valence-electron chi connectivity index (χ3n) is 3.35. The van der Waals surface area contributed by atoms with Gasteiger partial charge in [-0.25, -0.2) is 0 Å². The number of hydrogen-bond donors (Lipinski definition) is 3. The Labute approximate surface area is 116 Å². The molecule has 0 aliphatic carbocycles. The molecule has 0 spiro atoms. The van der Waals surface area contributed by atoms with Crippen molar-refractivity contribution in [2.45, 2.75) is 18.5 Å². The van der Waals surface area contributed by atoms with Gasteiger partial charge in [-0.3, -0.25) is 4.79 Å². The van der Waals surface area contributed by atoms with E-state index in [2.05, 4.69) is 10.6 Å². The largest absolute Gasteiger partial charge is 0.496 e. The lowest BCUT2D eigenvalue weighted by Crippen LogP contribution is -2.68. The number of hydrogen-bond acceptors (Lipinski definition) is 4. The maximum absolute atomic E-state index is 10.9. The van der Waals surface area contributed by atoms with E-state index < -0.39 is 11.5 Å². The van der Waals surface area contributed by atoms with Gasteiger partial charge in [0.15, 0.2) is 0 Å². The number of carboxylic acid groups (broad SMARTS) is 1. The summed E-state index contributed by atoms with van der Waals surface area (Å²) in [6.07, 6.45) is 0.0900. The van der Waals surface area contributed by atoms with Crippen LogP contribution in [0.4, 0.5) is 0 Å². The number of carbonyl (C=O) groups is 1. The lowest BCUT2D eigenvalue weighted by molar-refractivity contribution is -0.139. The SMILES string of the molecule is COc1cccc(Cl)c1CNC1(CC(=O)O)CNC1. The van der Waals surface area contributed by atoms with Gasteiger partial charge < -0.3 is 20.5 Å². The van der Waals surface area contributed by atoms with Gasteiger partial charge in [-0.15, -0.1) is 0 Å². The highest BCUT2D eigenvalue weighted by Gasteiger charge is 2.38. The second-order valence-corrected chi connectivity index (χ2v) is 5.14. The molecule has 0 aromatic heterocycles. The van der Waals surface area contributed by atoms with Crippen LogP contribution in [0.1, 0.15) is 12.0 Å². The standard InChI is InChI=1S/C13H17ClN2O3/c1-19-11-4-2-3-10(14)9(11)6-16-13(5-12(17)18)7-15-8-13/h2-4,15-16H,5-8H2,1H3,(H,17,18). The Morgan fingerprint density at radius 2 is 2.32 bits per heavy atom. The second kappa shape index (κ2) is 5.77. The average molecular weight is 285 g/mol. The lowest BCUT2D eigenvalue weighted by Gasteiger charge is -2.42. The van der Waals surface area contributed by atoms with E-state index in [0.717, 1.165) is 5.56 Å². The summed E-state index contributed by atoms with van der Waals surface area (Å²) in [5.74, 6) is -0.0992. The van der Waals surface area contributed by atoms with E-state index in [0.29, 0.717) is 30.4 Å². The van der Waals surface area contributed by atoms with Crippen LogP contribution >= 0.6 is 11.6 Å². The van der Waals surface area contributed by atoms with Crippen molar-refractivity contribution in [3.8, 4) is 5.75 Å². The summed E-state index contributed by atoms with van der Waals surface area (Å²) in [7, 11) is 1.59. The fourth-order valence-electron chi connectivity index (χ4n) is 2.21. The number of aliphatic carboxylic acids is 1. The van der Waals surface area contributed by atoms with Crippen molar-refractivity contribution < 1.29 is 14.6 Å². The minimum Gasteiger partial charge on any atom is -0.496 e. The highest BCUT2D eigenvalue weighted by molar-refractivity contribution is 6.31. The minimum absolute atomic E-state index is 0.0900. The topological polar surface area (TPSA) is 70.6 Å². The molecule has 104 valence electrons. The Kier molecular flexibility index (Phi) is 4.29. The molecule has 19 heavy (non-hydrogen) atoms. The molecule has 0 radical (unpaired) electrons. The average Bonchev–Trinajstić information content (AvgIpc) is 2.33. The molecule has 6 heteroatoms. The molecule has 0 saturated carbocycles.